The minimum absolute atomic E-state index is 0.0461. The van der Waals surface area contributed by atoms with Crippen LogP contribution in [0.15, 0.2) is 36.7 Å². The topological polar surface area (TPSA) is 47.0 Å². The van der Waals surface area contributed by atoms with Gasteiger partial charge in [0, 0.05) is 17.4 Å². The van der Waals surface area contributed by atoms with Crippen LogP contribution in [0.3, 0.4) is 0 Å². The summed E-state index contributed by atoms with van der Waals surface area (Å²) in [4.78, 5) is 8.53. The van der Waals surface area contributed by atoms with E-state index in [9.17, 15) is 0 Å². The van der Waals surface area contributed by atoms with Gasteiger partial charge in [-0.1, -0.05) is 23.7 Å². The zero-order chi connectivity index (χ0) is 13.7. The third-order valence-electron chi connectivity index (χ3n) is 2.92. The van der Waals surface area contributed by atoms with Crippen molar-refractivity contribution in [2.24, 2.45) is 0 Å². The Labute approximate surface area is 117 Å². The lowest BCUT2D eigenvalue weighted by Gasteiger charge is -2.17. The van der Waals surface area contributed by atoms with Crippen molar-refractivity contribution in [3.8, 4) is 5.88 Å². The molecule has 0 saturated heterocycles. The van der Waals surface area contributed by atoms with Crippen molar-refractivity contribution in [3.63, 3.8) is 0 Å². The maximum Gasteiger partial charge on any atom is 0.237 e. The number of benzene rings is 1. The number of nitrogens with zero attached hydrogens (tertiary/aromatic N) is 2. The predicted molar refractivity (Wildman–Crippen MR) is 75.5 cm³/mol. The van der Waals surface area contributed by atoms with Gasteiger partial charge >= 0.3 is 0 Å². The lowest BCUT2D eigenvalue weighted by Crippen LogP contribution is -2.21. The Bertz CT molecular complexity index is 530. The monoisotopic (exact) mass is 277 g/mol. The van der Waals surface area contributed by atoms with Crippen molar-refractivity contribution in [3.05, 3.63) is 52.9 Å². The Kier molecular flexibility index (Phi) is 4.71. The fourth-order valence-corrected chi connectivity index (χ4v) is 2.05. The quantitative estimate of drug-likeness (QED) is 0.913. The molecule has 1 aromatic heterocycles. The molecule has 2 aromatic rings. The third kappa shape index (κ3) is 3.43. The molecule has 1 N–H and O–H groups in total. The first kappa shape index (κ1) is 13.8. The van der Waals surface area contributed by atoms with Crippen molar-refractivity contribution >= 4 is 11.6 Å². The van der Waals surface area contributed by atoms with Gasteiger partial charge in [0.1, 0.15) is 5.69 Å². The zero-order valence-electron chi connectivity index (χ0n) is 10.9. The number of rotatable bonds is 5. The number of halogens is 1. The fraction of sp³-hybridized carbons (Fsp3) is 0.286. The number of methoxy groups -OCH3 is 1. The number of likely N-dealkylation sites (N-methyl/N-ethyl adjacent to an activating group) is 1. The van der Waals surface area contributed by atoms with Gasteiger partial charge in [-0.15, -0.1) is 0 Å². The average molecular weight is 278 g/mol. The minimum Gasteiger partial charge on any atom is -0.480 e. The second-order valence-corrected chi connectivity index (χ2v) is 4.56. The summed E-state index contributed by atoms with van der Waals surface area (Å²) in [6.07, 6.45) is 4.09. The van der Waals surface area contributed by atoms with Gasteiger partial charge in [-0.05, 0) is 31.2 Å². The van der Waals surface area contributed by atoms with Crippen LogP contribution in [0.2, 0.25) is 5.02 Å². The predicted octanol–water partition coefficient (Wildman–Crippen LogP) is 2.64. The summed E-state index contributed by atoms with van der Waals surface area (Å²) in [5.41, 5.74) is 1.99. The highest BCUT2D eigenvalue weighted by Crippen LogP contribution is 2.23. The molecule has 5 heteroatoms. The highest BCUT2D eigenvalue weighted by Gasteiger charge is 2.17. The largest absolute Gasteiger partial charge is 0.480 e. The Morgan fingerprint density at radius 3 is 2.53 bits per heavy atom. The van der Waals surface area contributed by atoms with Crippen LogP contribution in [0.4, 0.5) is 0 Å². The van der Waals surface area contributed by atoms with E-state index in [-0.39, 0.29) is 6.04 Å². The molecular weight excluding hydrogens is 262 g/mol. The van der Waals surface area contributed by atoms with Gasteiger partial charge in [0.15, 0.2) is 0 Å². The van der Waals surface area contributed by atoms with E-state index in [0.29, 0.717) is 5.88 Å². The van der Waals surface area contributed by atoms with Crippen LogP contribution in [0.1, 0.15) is 17.3 Å². The molecular formula is C14H16ClN3O. The molecule has 2 rings (SSSR count). The van der Waals surface area contributed by atoms with Gasteiger partial charge in [0.05, 0.1) is 13.2 Å². The molecule has 1 unspecified atom stereocenters. The zero-order valence-corrected chi connectivity index (χ0v) is 11.7. The number of nitrogens with one attached hydrogen (secondary N) is 1. The van der Waals surface area contributed by atoms with E-state index in [1.807, 2.05) is 31.3 Å². The van der Waals surface area contributed by atoms with E-state index in [1.54, 1.807) is 19.5 Å². The molecule has 0 aliphatic carbocycles. The van der Waals surface area contributed by atoms with E-state index < -0.39 is 0 Å². The minimum atomic E-state index is 0.0461. The molecule has 0 spiro atoms. The van der Waals surface area contributed by atoms with Gasteiger partial charge < -0.3 is 10.1 Å². The number of aromatic nitrogens is 2. The van der Waals surface area contributed by atoms with E-state index in [4.69, 9.17) is 16.3 Å². The molecule has 1 heterocycles. The van der Waals surface area contributed by atoms with Crippen molar-refractivity contribution in [2.45, 2.75) is 12.5 Å². The summed E-state index contributed by atoms with van der Waals surface area (Å²) < 4.78 is 5.25. The second kappa shape index (κ2) is 6.50. The fourth-order valence-electron chi connectivity index (χ4n) is 1.92. The molecule has 19 heavy (non-hydrogen) atoms. The molecule has 0 radical (unpaired) electrons. The van der Waals surface area contributed by atoms with Gasteiger partial charge in [0.25, 0.3) is 0 Å². The van der Waals surface area contributed by atoms with E-state index in [1.165, 1.54) is 5.56 Å². The standard InChI is InChI=1S/C14H16ClN3O/c1-16-12(9-10-3-5-11(15)6-4-10)13-14(19-2)18-8-7-17-13/h3-8,12,16H,9H2,1-2H3. The summed E-state index contributed by atoms with van der Waals surface area (Å²) >= 11 is 5.89. The summed E-state index contributed by atoms with van der Waals surface area (Å²) in [5, 5.41) is 3.98. The van der Waals surface area contributed by atoms with Crippen molar-refractivity contribution < 1.29 is 4.74 Å². The summed E-state index contributed by atoms with van der Waals surface area (Å²) in [5.74, 6) is 0.552. The Balaban J connectivity index is 2.22. The smallest absolute Gasteiger partial charge is 0.237 e. The van der Waals surface area contributed by atoms with E-state index in [0.717, 1.165) is 17.1 Å². The van der Waals surface area contributed by atoms with E-state index in [2.05, 4.69) is 15.3 Å². The van der Waals surface area contributed by atoms with Crippen LogP contribution in [0.5, 0.6) is 5.88 Å². The Morgan fingerprint density at radius 2 is 1.89 bits per heavy atom. The molecule has 0 aliphatic heterocycles. The molecule has 0 saturated carbocycles. The highest BCUT2D eigenvalue weighted by molar-refractivity contribution is 6.30. The first-order chi connectivity index (χ1) is 9.24. The van der Waals surface area contributed by atoms with Crippen molar-refractivity contribution in [1.29, 1.82) is 0 Å². The molecule has 0 aliphatic rings. The molecule has 0 fully saturated rings. The molecule has 0 bridgehead atoms. The third-order valence-corrected chi connectivity index (χ3v) is 3.17. The van der Waals surface area contributed by atoms with Crippen LogP contribution < -0.4 is 10.1 Å². The molecule has 1 aromatic carbocycles. The number of hydrogen-bond acceptors (Lipinski definition) is 4. The molecule has 1 atom stereocenters. The Hall–Kier alpha value is -1.65. The van der Waals surface area contributed by atoms with Crippen molar-refractivity contribution in [1.82, 2.24) is 15.3 Å². The maximum atomic E-state index is 5.89. The number of ether oxygens (including phenoxy) is 1. The normalized spacial score (nSPS) is 12.2. The van der Waals surface area contributed by atoms with Crippen LogP contribution in [0, 0.1) is 0 Å². The van der Waals surface area contributed by atoms with Gasteiger partial charge in [-0.3, -0.25) is 4.98 Å². The molecule has 0 amide bonds. The van der Waals surface area contributed by atoms with Crippen LogP contribution >= 0.6 is 11.6 Å². The molecule has 4 nitrogen and oxygen atoms in total. The van der Waals surface area contributed by atoms with Crippen LogP contribution in [0.25, 0.3) is 0 Å². The Morgan fingerprint density at radius 1 is 1.21 bits per heavy atom. The highest BCUT2D eigenvalue weighted by atomic mass is 35.5. The number of hydrogen-bond donors (Lipinski definition) is 1. The van der Waals surface area contributed by atoms with Gasteiger partial charge in [-0.2, -0.15) is 0 Å². The average Bonchev–Trinajstić information content (AvgIpc) is 2.46. The molecule has 100 valence electrons. The van der Waals surface area contributed by atoms with Gasteiger partial charge in [-0.25, -0.2) is 4.98 Å². The first-order valence-corrected chi connectivity index (χ1v) is 6.39. The first-order valence-electron chi connectivity index (χ1n) is 6.01. The van der Waals surface area contributed by atoms with Gasteiger partial charge in [0.2, 0.25) is 5.88 Å². The van der Waals surface area contributed by atoms with Crippen LogP contribution in [-0.2, 0) is 6.42 Å². The van der Waals surface area contributed by atoms with Crippen molar-refractivity contribution in [2.75, 3.05) is 14.2 Å². The lowest BCUT2D eigenvalue weighted by atomic mass is 10.0. The SMILES string of the molecule is CNC(Cc1ccc(Cl)cc1)c1nccnc1OC. The second-order valence-electron chi connectivity index (χ2n) is 4.12. The summed E-state index contributed by atoms with van der Waals surface area (Å²) in [6.45, 7) is 0. The summed E-state index contributed by atoms with van der Waals surface area (Å²) in [6, 6.07) is 7.84. The maximum absolute atomic E-state index is 5.89. The van der Waals surface area contributed by atoms with E-state index >= 15 is 0 Å². The van der Waals surface area contributed by atoms with Crippen LogP contribution in [-0.4, -0.2) is 24.1 Å². The lowest BCUT2D eigenvalue weighted by molar-refractivity contribution is 0.379. The summed E-state index contributed by atoms with van der Waals surface area (Å²) in [7, 11) is 3.50.